The van der Waals surface area contributed by atoms with Crippen LogP contribution in [0, 0.1) is 11.6 Å². The van der Waals surface area contributed by atoms with Gasteiger partial charge in [0.05, 0.1) is 5.54 Å². The number of phenolic OH excluding ortho intramolecular Hbond substituents is 1. The van der Waals surface area contributed by atoms with Crippen molar-refractivity contribution in [2.75, 3.05) is 43.4 Å². The zero-order valence-electron chi connectivity index (χ0n) is 26.5. The van der Waals surface area contributed by atoms with Gasteiger partial charge in [-0.25, -0.2) is 13.2 Å². The topological polar surface area (TPSA) is 78.8 Å². The van der Waals surface area contributed by atoms with Crippen molar-refractivity contribution in [3.05, 3.63) is 53.6 Å². The number of benzene rings is 3. The third-order valence-corrected chi connectivity index (χ3v) is 13.5. The highest BCUT2D eigenvalue weighted by Crippen LogP contribution is 2.44. The van der Waals surface area contributed by atoms with Crippen LogP contribution < -0.4 is 9.64 Å². The molecule has 47 heavy (non-hydrogen) atoms. The van der Waals surface area contributed by atoms with Gasteiger partial charge in [-0.3, -0.25) is 9.11 Å². The van der Waals surface area contributed by atoms with Crippen LogP contribution in [0.2, 0.25) is 0 Å². The van der Waals surface area contributed by atoms with E-state index in [0.717, 1.165) is 50.8 Å². The van der Waals surface area contributed by atoms with Crippen LogP contribution in [0.25, 0.3) is 32.8 Å². The molecule has 5 heterocycles. The molecule has 1 unspecified atom stereocenters. The lowest BCUT2D eigenvalue weighted by Gasteiger charge is -2.39. The molecule has 0 aliphatic carbocycles. The van der Waals surface area contributed by atoms with Gasteiger partial charge in [-0.05, 0) is 97.7 Å². The van der Waals surface area contributed by atoms with Crippen LogP contribution in [-0.2, 0) is 17.2 Å². The van der Waals surface area contributed by atoms with E-state index < -0.39 is 28.3 Å². The second-order valence-electron chi connectivity index (χ2n) is 13.8. The van der Waals surface area contributed by atoms with Crippen LogP contribution in [0.5, 0.6) is 11.8 Å². The van der Waals surface area contributed by atoms with E-state index in [1.165, 1.54) is 12.1 Å². The van der Waals surface area contributed by atoms with Crippen molar-refractivity contribution in [2.24, 2.45) is 0 Å². The molecule has 0 bridgehead atoms. The van der Waals surface area contributed by atoms with Crippen molar-refractivity contribution >= 4 is 38.3 Å². The van der Waals surface area contributed by atoms with Gasteiger partial charge >= 0.3 is 6.01 Å². The average molecular weight is 665 g/mol. The van der Waals surface area contributed by atoms with Crippen LogP contribution in [0.4, 0.5) is 19.0 Å². The molecule has 0 amide bonds. The van der Waals surface area contributed by atoms with Crippen molar-refractivity contribution in [2.45, 2.75) is 74.7 Å². The van der Waals surface area contributed by atoms with Crippen molar-refractivity contribution in [3.63, 3.8) is 0 Å². The molecule has 4 aliphatic heterocycles. The molecule has 7 nitrogen and oxygen atoms in total. The number of hydrogen-bond acceptors (Lipinski definition) is 7. The largest absolute Gasteiger partial charge is 0.508 e. The van der Waals surface area contributed by atoms with Crippen molar-refractivity contribution in [1.82, 2.24) is 14.9 Å². The van der Waals surface area contributed by atoms with Crippen LogP contribution in [0.1, 0.15) is 57.4 Å². The Morgan fingerprint density at radius 1 is 1.02 bits per heavy atom. The number of alkyl halides is 1. The quantitative estimate of drug-likeness (QED) is 0.242. The minimum Gasteiger partial charge on any atom is -0.508 e. The standard InChI is InChI=1S/C36H39F3N4O3S/c1-2-25-29(38)8-5-22-17-24(44)18-28(30(22)25)26-6-7-27-32(31(26)39)40-34(46-21-35-9-3-13-43(35)20-23(37)19-35)41-33(27)42-14-11-36(12-15-42)10-4-16-47(36)45/h5-8,17-18,23,44H,2-4,9-16,19-21H2,1H3/t23-,35+,47?/m1/s1. The third kappa shape index (κ3) is 5.07. The first-order valence-corrected chi connectivity index (χ1v) is 18.1. The minimum absolute atomic E-state index is 0.0258. The second-order valence-corrected chi connectivity index (χ2v) is 15.8. The fraction of sp³-hybridized carbons (Fsp3) is 0.500. The second kappa shape index (κ2) is 11.6. The van der Waals surface area contributed by atoms with E-state index in [9.17, 15) is 18.1 Å². The molecule has 1 spiro atoms. The Labute approximate surface area is 274 Å². The molecule has 3 aromatic carbocycles. The van der Waals surface area contributed by atoms with Gasteiger partial charge in [0.25, 0.3) is 0 Å². The van der Waals surface area contributed by atoms with Gasteiger partial charge in [0.15, 0.2) is 5.82 Å². The first-order valence-electron chi connectivity index (χ1n) is 16.8. The Hall–Kier alpha value is -3.44. The highest BCUT2D eigenvalue weighted by atomic mass is 32.2. The fourth-order valence-corrected chi connectivity index (χ4v) is 10.7. The number of anilines is 1. The van der Waals surface area contributed by atoms with Gasteiger partial charge in [0.2, 0.25) is 0 Å². The van der Waals surface area contributed by atoms with E-state index in [-0.39, 0.29) is 40.0 Å². The molecule has 1 aromatic heterocycles. The fourth-order valence-electron chi connectivity index (χ4n) is 8.80. The van der Waals surface area contributed by atoms with Crippen molar-refractivity contribution in [3.8, 4) is 22.9 Å². The zero-order valence-corrected chi connectivity index (χ0v) is 27.4. The Bertz CT molecular complexity index is 1920. The number of hydrogen-bond donors (Lipinski definition) is 1. The smallest absolute Gasteiger partial charge is 0.319 e. The predicted molar refractivity (Wildman–Crippen MR) is 178 cm³/mol. The summed E-state index contributed by atoms with van der Waals surface area (Å²) >= 11 is 0. The maximum atomic E-state index is 16.9. The molecule has 4 saturated heterocycles. The van der Waals surface area contributed by atoms with Gasteiger partial charge in [-0.2, -0.15) is 9.97 Å². The molecule has 8 rings (SSSR count). The molecule has 3 atom stereocenters. The van der Waals surface area contributed by atoms with Gasteiger partial charge in [0.1, 0.15) is 35.7 Å². The van der Waals surface area contributed by atoms with Crippen molar-refractivity contribution < 1.29 is 27.2 Å². The average Bonchev–Trinajstić information content (AvgIpc) is 3.71. The molecule has 11 heteroatoms. The maximum absolute atomic E-state index is 16.9. The number of phenols is 1. The molecule has 4 aromatic rings. The highest BCUT2D eigenvalue weighted by molar-refractivity contribution is 7.86. The lowest BCUT2D eigenvalue weighted by molar-refractivity contribution is 0.107. The minimum atomic E-state index is -0.913. The number of ether oxygens (including phenoxy) is 1. The molecule has 248 valence electrons. The number of aromatic hydroxyl groups is 1. The summed E-state index contributed by atoms with van der Waals surface area (Å²) in [5, 5.41) is 12.3. The lowest BCUT2D eigenvalue weighted by Crippen LogP contribution is -2.45. The first kappa shape index (κ1) is 30.9. The molecule has 0 radical (unpaired) electrons. The van der Waals surface area contributed by atoms with E-state index in [1.807, 2.05) is 6.92 Å². The number of rotatable bonds is 6. The number of aromatic nitrogens is 2. The third-order valence-electron chi connectivity index (χ3n) is 11.2. The van der Waals surface area contributed by atoms with Crippen LogP contribution >= 0.6 is 0 Å². The Balaban J connectivity index is 1.24. The maximum Gasteiger partial charge on any atom is 0.319 e. The monoisotopic (exact) mass is 664 g/mol. The van der Waals surface area contributed by atoms with E-state index in [0.29, 0.717) is 65.6 Å². The molecule has 4 fully saturated rings. The number of aryl methyl sites for hydroxylation is 1. The highest BCUT2D eigenvalue weighted by Gasteiger charge is 2.49. The molecular weight excluding hydrogens is 625 g/mol. The first-order chi connectivity index (χ1) is 22.7. The molecule has 0 saturated carbocycles. The molecule has 1 N–H and O–H groups in total. The van der Waals surface area contributed by atoms with Crippen LogP contribution in [0.3, 0.4) is 0 Å². The summed E-state index contributed by atoms with van der Waals surface area (Å²) < 4.78 is 65.5. The molecule has 4 aliphatic rings. The van der Waals surface area contributed by atoms with E-state index >= 15 is 4.39 Å². The number of piperidine rings is 1. The summed E-state index contributed by atoms with van der Waals surface area (Å²) in [5.74, 6) is 0.231. The Morgan fingerprint density at radius 2 is 1.85 bits per heavy atom. The van der Waals surface area contributed by atoms with E-state index in [1.54, 1.807) is 24.3 Å². The van der Waals surface area contributed by atoms with Gasteiger partial charge in [-0.15, -0.1) is 0 Å². The SMILES string of the molecule is CCc1c(F)ccc2cc(O)cc(-c3ccc4c(N5CCC6(CCCS6=O)CC5)nc(OC[C@@]56CCCN5C[C@H](F)C6)nc4c3F)c12. The summed E-state index contributed by atoms with van der Waals surface area (Å²) in [6.45, 7) is 4.51. The van der Waals surface area contributed by atoms with E-state index in [2.05, 4.69) is 14.8 Å². The molecular formula is C36H39F3N4O3S. The number of halogens is 3. The van der Waals surface area contributed by atoms with Crippen LogP contribution in [0.15, 0.2) is 36.4 Å². The summed E-state index contributed by atoms with van der Waals surface area (Å²) in [6.07, 6.45) is 5.10. The Kier molecular flexibility index (Phi) is 7.63. The summed E-state index contributed by atoms with van der Waals surface area (Å²) in [6, 6.07) is 9.45. The van der Waals surface area contributed by atoms with Crippen molar-refractivity contribution in [1.29, 1.82) is 0 Å². The van der Waals surface area contributed by atoms with Gasteiger partial charge < -0.3 is 14.7 Å². The predicted octanol–water partition coefficient (Wildman–Crippen LogP) is 6.83. The zero-order chi connectivity index (χ0) is 32.5. The van der Waals surface area contributed by atoms with Gasteiger partial charge in [0, 0.05) is 58.3 Å². The van der Waals surface area contributed by atoms with Gasteiger partial charge in [-0.1, -0.05) is 19.1 Å². The number of fused-ring (bicyclic) bond motifs is 3. The summed E-state index contributed by atoms with van der Waals surface area (Å²) in [5.41, 5.74) is 0.642. The normalized spacial score (nSPS) is 25.7. The van der Waals surface area contributed by atoms with E-state index in [4.69, 9.17) is 9.72 Å². The lowest BCUT2D eigenvalue weighted by atomic mass is 9.91. The number of nitrogens with zero attached hydrogens (tertiary/aromatic N) is 4. The summed E-state index contributed by atoms with van der Waals surface area (Å²) in [4.78, 5) is 13.7. The Morgan fingerprint density at radius 3 is 2.62 bits per heavy atom. The summed E-state index contributed by atoms with van der Waals surface area (Å²) in [7, 11) is -0.855. The van der Waals surface area contributed by atoms with Crippen LogP contribution in [-0.4, -0.2) is 79.2 Å².